The fourth-order valence-electron chi connectivity index (χ4n) is 1.03. The molecule has 1 heterocycles. The normalized spacial score (nSPS) is 44.7. The predicted molar refractivity (Wildman–Crippen MR) is 39.3 cm³/mol. The van der Waals surface area contributed by atoms with Crippen LogP contribution in [0.4, 0.5) is 0 Å². The number of aliphatic hydroxyl groups is 3. The second-order valence-corrected chi connectivity index (χ2v) is 4.41. The number of hydrogen-bond donors (Lipinski definition) is 3. The fraction of sp³-hybridized carbons (Fsp3) is 1.00. The van der Waals surface area contributed by atoms with E-state index >= 15 is 0 Å². The van der Waals surface area contributed by atoms with Crippen molar-refractivity contribution in [2.24, 2.45) is 0 Å². The summed E-state index contributed by atoms with van der Waals surface area (Å²) in [6.07, 6.45) is -3.66. The zero-order valence-corrected chi connectivity index (χ0v) is 7.89. The Labute approximate surface area is 71.3 Å². The van der Waals surface area contributed by atoms with Crippen LogP contribution in [0.5, 0.6) is 0 Å². The topological polar surface area (TPSA) is 69.9 Å². The van der Waals surface area contributed by atoms with Crippen molar-refractivity contribution >= 4 is 15.0 Å². The van der Waals surface area contributed by atoms with Crippen LogP contribution < -0.4 is 0 Å². The van der Waals surface area contributed by atoms with E-state index in [1.54, 1.807) is 0 Å². The molecule has 4 nitrogen and oxygen atoms in total. The van der Waals surface area contributed by atoms with Gasteiger partial charge < -0.3 is 0 Å². The molecule has 4 atom stereocenters. The van der Waals surface area contributed by atoms with Crippen LogP contribution in [0.2, 0.25) is 11.1 Å². The van der Waals surface area contributed by atoms with E-state index in [-0.39, 0.29) is 6.10 Å². The summed E-state index contributed by atoms with van der Waals surface area (Å²) in [4.78, 5) is 0. The number of ether oxygens (including phenoxy) is 1. The van der Waals surface area contributed by atoms with E-state index in [0.717, 1.165) is 5.32 Å². The molecule has 5 heteroatoms. The monoisotopic (exact) mass is 228 g/mol. The molecule has 1 aliphatic heterocycles. The molecule has 1 fully saturated rings. The summed E-state index contributed by atoms with van der Waals surface area (Å²) in [6, 6.07) is 0. The molecule has 11 heavy (non-hydrogen) atoms. The molecular weight excluding hydrogens is 215 g/mol. The number of hydrogen-bond acceptors (Lipinski definition) is 4. The van der Waals surface area contributed by atoms with Gasteiger partial charge in [0.2, 0.25) is 0 Å². The van der Waals surface area contributed by atoms with Gasteiger partial charge in [-0.15, -0.1) is 0 Å². The average molecular weight is 227 g/mol. The molecule has 3 N–H and O–H groups in total. The first-order chi connectivity index (χ1) is 5.16. The van der Waals surface area contributed by atoms with Gasteiger partial charge in [0.1, 0.15) is 0 Å². The van der Waals surface area contributed by atoms with Gasteiger partial charge in [0.15, 0.2) is 0 Å². The van der Waals surface area contributed by atoms with Gasteiger partial charge in [-0.05, 0) is 0 Å². The maximum atomic E-state index is 9.23. The third-order valence-corrected chi connectivity index (χ3v) is 3.06. The summed E-state index contributed by atoms with van der Waals surface area (Å²) in [6.45, 7) is 0. The van der Waals surface area contributed by atoms with Gasteiger partial charge in [0, 0.05) is 0 Å². The minimum atomic E-state index is -1.21. The van der Waals surface area contributed by atoms with Gasteiger partial charge in [0.25, 0.3) is 0 Å². The molecule has 0 radical (unpaired) electrons. The Balaban J connectivity index is 2.45. The van der Waals surface area contributed by atoms with Gasteiger partial charge in [0.05, 0.1) is 0 Å². The first-order valence-electron chi connectivity index (χ1n) is 3.35. The molecule has 1 saturated heterocycles. The van der Waals surface area contributed by atoms with Gasteiger partial charge in [-0.25, -0.2) is 0 Å². The van der Waals surface area contributed by atoms with Gasteiger partial charge in [-0.2, -0.15) is 0 Å². The van der Waals surface area contributed by atoms with Crippen LogP contribution in [0.25, 0.3) is 0 Å². The molecule has 1 aliphatic rings. The van der Waals surface area contributed by atoms with Crippen LogP contribution in [0.15, 0.2) is 0 Å². The van der Waals surface area contributed by atoms with Crippen LogP contribution in [0.1, 0.15) is 0 Å². The van der Waals surface area contributed by atoms with Crippen molar-refractivity contribution in [3.8, 4) is 0 Å². The second kappa shape index (κ2) is 3.85. The van der Waals surface area contributed by atoms with Crippen LogP contribution >= 0.6 is 0 Å². The molecule has 0 unspecified atom stereocenters. The SMILES string of the molecule is C[Se]C[C@H]1O[C@@H](O)[C@H](O)[C@@H]1O. The molecule has 0 bridgehead atoms. The maximum absolute atomic E-state index is 9.23. The Morgan fingerprint density at radius 2 is 1.91 bits per heavy atom. The number of rotatable bonds is 2. The average Bonchev–Trinajstić information content (AvgIpc) is 2.19. The zero-order chi connectivity index (χ0) is 8.43. The van der Waals surface area contributed by atoms with Crippen LogP contribution in [0, 0.1) is 0 Å². The van der Waals surface area contributed by atoms with Gasteiger partial charge in [-0.3, -0.25) is 0 Å². The number of aliphatic hydroxyl groups excluding tert-OH is 3. The second-order valence-electron chi connectivity index (χ2n) is 2.50. The van der Waals surface area contributed by atoms with Crippen LogP contribution in [-0.4, -0.2) is 54.9 Å². The molecule has 0 aromatic rings. The Morgan fingerprint density at radius 1 is 1.27 bits per heavy atom. The van der Waals surface area contributed by atoms with Crippen LogP contribution in [0.3, 0.4) is 0 Å². The van der Waals surface area contributed by atoms with Crippen molar-refractivity contribution in [2.75, 3.05) is 0 Å². The Bertz CT molecular complexity index is 132. The molecule has 0 saturated carbocycles. The van der Waals surface area contributed by atoms with E-state index in [2.05, 4.69) is 0 Å². The Morgan fingerprint density at radius 3 is 2.27 bits per heavy atom. The Hall–Kier alpha value is 0.359. The van der Waals surface area contributed by atoms with Crippen molar-refractivity contribution < 1.29 is 20.1 Å². The molecule has 0 aromatic carbocycles. The summed E-state index contributed by atoms with van der Waals surface area (Å²) in [7, 11) is 0. The van der Waals surface area contributed by atoms with Gasteiger partial charge in [-0.1, -0.05) is 0 Å². The zero-order valence-electron chi connectivity index (χ0n) is 6.17. The fourth-order valence-corrected chi connectivity index (χ4v) is 2.30. The molecule has 1 rings (SSSR count). The van der Waals surface area contributed by atoms with Crippen molar-refractivity contribution in [1.82, 2.24) is 0 Å². The van der Waals surface area contributed by atoms with Crippen LogP contribution in [-0.2, 0) is 4.74 Å². The van der Waals surface area contributed by atoms with E-state index in [1.807, 2.05) is 5.82 Å². The third-order valence-electron chi connectivity index (χ3n) is 1.67. The van der Waals surface area contributed by atoms with Crippen molar-refractivity contribution in [2.45, 2.75) is 35.7 Å². The summed E-state index contributed by atoms with van der Waals surface area (Å²) in [5.41, 5.74) is 0. The molecule has 0 spiro atoms. The standard InChI is InChI=1S/C6H12O4Se/c1-11-2-3-4(7)5(8)6(9)10-3/h3-9H,2H2,1H3/t3-,4-,5-,6-/m1/s1. The summed E-state index contributed by atoms with van der Waals surface area (Å²) >= 11 is 0.384. The van der Waals surface area contributed by atoms with Crippen molar-refractivity contribution in [3.63, 3.8) is 0 Å². The van der Waals surface area contributed by atoms with E-state index in [4.69, 9.17) is 14.9 Å². The quantitative estimate of drug-likeness (QED) is 0.507. The van der Waals surface area contributed by atoms with E-state index < -0.39 is 18.5 Å². The molecule has 66 valence electrons. The van der Waals surface area contributed by atoms with Crippen molar-refractivity contribution in [3.05, 3.63) is 0 Å². The molecule has 0 amide bonds. The summed E-state index contributed by atoms with van der Waals surface area (Å²) < 4.78 is 4.90. The first-order valence-corrected chi connectivity index (χ1v) is 6.28. The van der Waals surface area contributed by atoms with E-state index in [0.29, 0.717) is 15.0 Å². The Kier molecular flexibility index (Phi) is 3.30. The summed E-state index contributed by atoms with van der Waals surface area (Å²) in [5, 5.41) is 27.9. The third kappa shape index (κ3) is 1.93. The predicted octanol–water partition coefficient (Wildman–Crippen LogP) is -1.40. The minimum absolute atomic E-state index is 0.384. The van der Waals surface area contributed by atoms with E-state index in [9.17, 15) is 5.11 Å². The molecule has 0 aromatic heterocycles. The summed E-state index contributed by atoms with van der Waals surface area (Å²) in [5.74, 6) is 2.01. The molecular formula is C6H12O4Se. The van der Waals surface area contributed by atoms with Crippen molar-refractivity contribution in [1.29, 1.82) is 0 Å². The van der Waals surface area contributed by atoms with E-state index in [1.165, 1.54) is 0 Å². The first kappa shape index (κ1) is 9.45. The molecule has 0 aliphatic carbocycles. The van der Waals surface area contributed by atoms with Gasteiger partial charge >= 0.3 is 70.8 Å².